The summed E-state index contributed by atoms with van der Waals surface area (Å²) in [5, 5.41) is 2.60. The normalized spacial score (nSPS) is 17.0. The quantitative estimate of drug-likeness (QED) is 0.568. The average Bonchev–Trinajstić information content (AvgIpc) is 3.29. The molecule has 29 heavy (non-hydrogen) atoms. The topological polar surface area (TPSA) is 66.8 Å². The molecule has 0 atom stereocenters. The standard InChI is InChI=1S/C23H26O4P2/c24-28(25,26)27-29(23-18-10-11-19-23,20-12-4-1-5-13-20,21-14-6-2-7-15-21)22-16-8-3-9-17-22/h1-9,12-17,23H,10-11,18-19H2,(H2,24,25,26). The maximum absolute atomic E-state index is 12.6. The monoisotopic (exact) mass is 428 g/mol. The predicted octanol–water partition coefficient (Wildman–Crippen LogP) is 4.48. The summed E-state index contributed by atoms with van der Waals surface area (Å²) in [5.74, 6) is 0. The Balaban J connectivity index is 2.23. The van der Waals surface area contributed by atoms with Crippen molar-refractivity contribution in [2.75, 3.05) is 0 Å². The number of phosphoric acid groups is 1. The average molecular weight is 428 g/mol. The number of benzene rings is 3. The van der Waals surface area contributed by atoms with E-state index >= 15 is 0 Å². The van der Waals surface area contributed by atoms with Gasteiger partial charge in [0.15, 0.2) is 0 Å². The maximum atomic E-state index is 12.6. The van der Waals surface area contributed by atoms with Crippen LogP contribution in [0.15, 0.2) is 91.0 Å². The molecule has 1 fully saturated rings. The van der Waals surface area contributed by atoms with Gasteiger partial charge in [0.1, 0.15) is 0 Å². The van der Waals surface area contributed by atoms with Crippen LogP contribution in [-0.4, -0.2) is 15.4 Å². The van der Waals surface area contributed by atoms with E-state index in [0.29, 0.717) is 0 Å². The molecule has 0 bridgehead atoms. The molecular formula is C23H26O4P2. The first-order valence-electron chi connectivity index (χ1n) is 9.93. The minimum absolute atomic E-state index is 0.000764. The van der Waals surface area contributed by atoms with Crippen LogP contribution >= 0.6 is 14.7 Å². The minimum atomic E-state index is -4.84. The fourth-order valence-corrected chi connectivity index (χ4v) is 14.3. The summed E-state index contributed by atoms with van der Waals surface area (Å²) in [4.78, 5) is 20.6. The van der Waals surface area contributed by atoms with Crippen molar-refractivity contribution in [2.45, 2.75) is 31.3 Å². The Kier molecular flexibility index (Phi) is 5.50. The Labute approximate surface area is 171 Å². The third-order valence-electron chi connectivity index (χ3n) is 6.10. The fraction of sp³-hybridized carbons (Fsp3) is 0.217. The van der Waals surface area contributed by atoms with Gasteiger partial charge < -0.3 is 0 Å². The summed E-state index contributed by atoms with van der Waals surface area (Å²) in [6.45, 7) is -3.96. The van der Waals surface area contributed by atoms with Crippen LogP contribution in [-0.2, 0) is 8.88 Å². The molecule has 0 aromatic heterocycles. The van der Waals surface area contributed by atoms with E-state index in [-0.39, 0.29) is 5.66 Å². The third kappa shape index (κ3) is 3.30. The summed E-state index contributed by atoms with van der Waals surface area (Å²) in [6, 6.07) is 29.2. The zero-order valence-corrected chi connectivity index (χ0v) is 18.0. The molecule has 3 aromatic carbocycles. The van der Waals surface area contributed by atoms with E-state index in [1.54, 1.807) is 0 Å². The number of hydrogen-bond donors (Lipinski definition) is 2. The molecule has 0 amide bonds. The van der Waals surface area contributed by atoms with E-state index in [2.05, 4.69) is 0 Å². The van der Waals surface area contributed by atoms with E-state index < -0.39 is 14.7 Å². The van der Waals surface area contributed by atoms with Gasteiger partial charge in [-0.25, -0.2) is 0 Å². The van der Waals surface area contributed by atoms with E-state index in [4.69, 9.17) is 4.31 Å². The van der Waals surface area contributed by atoms with Crippen molar-refractivity contribution in [3.05, 3.63) is 91.0 Å². The second-order valence-electron chi connectivity index (χ2n) is 7.62. The van der Waals surface area contributed by atoms with Gasteiger partial charge in [-0.1, -0.05) is 0 Å². The Morgan fingerprint density at radius 1 is 0.690 bits per heavy atom. The van der Waals surface area contributed by atoms with E-state index in [9.17, 15) is 14.4 Å². The van der Waals surface area contributed by atoms with Crippen molar-refractivity contribution in [3.63, 3.8) is 0 Å². The fourth-order valence-electron chi connectivity index (χ4n) is 5.08. The van der Waals surface area contributed by atoms with Crippen LogP contribution in [0.3, 0.4) is 0 Å². The van der Waals surface area contributed by atoms with Crippen LogP contribution in [0.1, 0.15) is 25.7 Å². The van der Waals surface area contributed by atoms with E-state index in [0.717, 1.165) is 41.6 Å². The molecule has 0 saturated heterocycles. The van der Waals surface area contributed by atoms with Gasteiger partial charge in [0.25, 0.3) is 0 Å². The molecule has 0 heterocycles. The summed E-state index contributed by atoms with van der Waals surface area (Å²) in [5.41, 5.74) is 0.000764. The second kappa shape index (κ2) is 7.80. The molecule has 0 radical (unpaired) electrons. The number of rotatable bonds is 6. The Morgan fingerprint density at radius 2 is 1.03 bits per heavy atom. The molecule has 4 rings (SSSR count). The van der Waals surface area contributed by atoms with Crippen LogP contribution in [0.5, 0.6) is 0 Å². The first-order valence-corrected chi connectivity index (χ1v) is 13.7. The first kappa shape index (κ1) is 20.5. The van der Waals surface area contributed by atoms with Crippen molar-refractivity contribution >= 4 is 30.6 Å². The summed E-state index contributed by atoms with van der Waals surface area (Å²) < 4.78 is 18.9. The van der Waals surface area contributed by atoms with Crippen LogP contribution in [0.2, 0.25) is 0 Å². The zero-order chi connectivity index (χ0) is 20.4. The number of hydrogen-bond acceptors (Lipinski definition) is 2. The van der Waals surface area contributed by atoms with Crippen molar-refractivity contribution in [2.24, 2.45) is 0 Å². The van der Waals surface area contributed by atoms with Crippen molar-refractivity contribution in [1.29, 1.82) is 0 Å². The van der Waals surface area contributed by atoms with Crippen LogP contribution < -0.4 is 15.9 Å². The molecule has 2 N–H and O–H groups in total. The molecule has 1 saturated carbocycles. The van der Waals surface area contributed by atoms with Crippen LogP contribution in [0, 0.1) is 0 Å². The van der Waals surface area contributed by atoms with Crippen LogP contribution in [0.4, 0.5) is 0 Å². The van der Waals surface area contributed by atoms with Gasteiger partial charge in [0.05, 0.1) is 0 Å². The molecule has 0 aliphatic heterocycles. The molecule has 1 aliphatic carbocycles. The molecule has 6 heteroatoms. The first-order chi connectivity index (χ1) is 14.0. The molecule has 152 valence electrons. The molecular weight excluding hydrogens is 402 g/mol. The van der Waals surface area contributed by atoms with Gasteiger partial charge in [-0.15, -0.1) is 0 Å². The van der Waals surface area contributed by atoms with Gasteiger partial charge in [-0.2, -0.15) is 0 Å². The van der Waals surface area contributed by atoms with E-state index in [1.165, 1.54) is 0 Å². The zero-order valence-electron chi connectivity index (χ0n) is 16.2. The Hall–Kier alpha value is -1.80. The molecule has 3 aromatic rings. The van der Waals surface area contributed by atoms with E-state index in [1.807, 2.05) is 91.0 Å². The van der Waals surface area contributed by atoms with Crippen molar-refractivity contribution in [1.82, 2.24) is 0 Å². The van der Waals surface area contributed by atoms with Gasteiger partial charge in [-0.05, 0) is 0 Å². The molecule has 1 aliphatic rings. The van der Waals surface area contributed by atoms with Gasteiger partial charge in [-0.3, -0.25) is 0 Å². The van der Waals surface area contributed by atoms with Gasteiger partial charge in [0.2, 0.25) is 0 Å². The summed E-state index contributed by atoms with van der Waals surface area (Å²) in [6.07, 6.45) is 3.80. The predicted molar refractivity (Wildman–Crippen MR) is 121 cm³/mol. The summed E-state index contributed by atoms with van der Waals surface area (Å²) >= 11 is 0. The Morgan fingerprint density at radius 3 is 1.34 bits per heavy atom. The second-order valence-corrected chi connectivity index (χ2v) is 13.7. The Bertz CT molecular complexity index is 897. The van der Waals surface area contributed by atoms with Crippen LogP contribution in [0.25, 0.3) is 0 Å². The molecule has 0 unspecified atom stereocenters. The SMILES string of the molecule is O=P(O)(O)OP(c1ccccc1)(c1ccccc1)(c1ccccc1)C1CCCC1. The van der Waals surface area contributed by atoms with Crippen molar-refractivity contribution < 1.29 is 18.7 Å². The van der Waals surface area contributed by atoms with Crippen molar-refractivity contribution in [3.8, 4) is 0 Å². The molecule has 0 spiro atoms. The summed E-state index contributed by atoms with van der Waals surface area (Å²) in [7, 11) is -4.84. The third-order valence-corrected chi connectivity index (χ3v) is 14.2. The molecule has 4 nitrogen and oxygen atoms in total. The van der Waals surface area contributed by atoms with Gasteiger partial charge in [0, 0.05) is 0 Å². The van der Waals surface area contributed by atoms with Gasteiger partial charge >= 0.3 is 172 Å².